The third-order valence-corrected chi connectivity index (χ3v) is 3.99. The average Bonchev–Trinajstić information content (AvgIpc) is 2.71. The Bertz CT molecular complexity index is 410. The van der Waals surface area contributed by atoms with Crippen LogP contribution in [0.3, 0.4) is 0 Å². The quantitative estimate of drug-likeness (QED) is 0.914. The molecule has 0 atom stereocenters. The smallest absolute Gasteiger partial charge is 0.119 e. The van der Waals surface area contributed by atoms with Gasteiger partial charge in [-0.05, 0) is 28.1 Å². The van der Waals surface area contributed by atoms with Crippen LogP contribution in [0.4, 0.5) is 0 Å². The third-order valence-electron chi connectivity index (χ3n) is 1.51. The molecule has 2 nitrogen and oxygen atoms in total. The van der Waals surface area contributed by atoms with Crippen LogP contribution in [-0.2, 0) is 6.61 Å². The highest BCUT2D eigenvalue weighted by atomic mass is 79.9. The molecule has 0 saturated carbocycles. The molecule has 0 aliphatic heterocycles. The maximum absolute atomic E-state index is 8.85. The summed E-state index contributed by atoms with van der Waals surface area (Å²) in [6, 6.07) is 4.02. The highest BCUT2D eigenvalue weighted by molar-refractivity contribution is 9.11. The fourth-order valence-corrected chi connectivity index (χ4v) is 3.02. The van der Waals surface area contributed by atoms with Gasteiger partial charge in [0.25, 0.3) is 0 Å². The molecule has 0 amide bonds. The van der Waals surface area contributed by atoms with Crippen molar-refractivity contribution in [1.82, 2.24) is 4.98 Å². The SMILES string of the molecule is OCc1nc(-c2ccc(Br)s2)cs1. The van der Waals surface area contributed by atoms with Crippen molar-refractivity contribution in [1.29, 1.82) is 0 Å². The van der Waals surface area contributed by atoms with E-state index in [1.165, 1.54) is 11.3 Å². The van der Waals surface area contributed by atoms with E-state index in [0.717, 1.165) is 19.4 Å². The summed E-state index contributed by atoms with van der Waals surface area (Å²) in [4.78, 5) is 5.40. The van der Waals surface area contributed by atoms with E-state index in [4.69, 9.17) is 5.11 Å². The lowest BCUT2D eigenvalue weighted by molar-refractivity contribution is 0.281. The monoisotopic (exact) mass is 275 g/mol. The van der Waals surface area contributed by atoms with Gasteiger partial charge in [0.2, 0.25) is 0 Å². The lowest BCUT2D eigenvalue weighted by Gasteiger charge is -1.87. The van der Waals surface area contributed by atoms with Crippen LogP contribution < -0.4 is 0 Å². The molecule has 0 aliphatic carbocycles. The number of thiophene rings is 1. The zero-order chi connectivity index (χ0) is 9.26. The standard InChI is InChI=1S/C8H6BrNOS2/c9-7-2-1-6(13-7)5-4-12-8(3-11)10-5/h1-2,4,11H,3H2. The molecule has 68 valence electrons. The Balaban J connectivity index is 2.35. The van der Waals surface area contributed by atoms with Crippen molar-refractivity contribution in [2.24, 2.45) is 0 Å². The molecule has 13 heavy (non-hydrogen) atoms. The second kappa shape index (κ2) is 3.88. The molecule has 0 bridgehead atoms. The van der Waals surface area contributed by atoms with E-state index in [1.807, 2.05) is 17.5 Å². The van der Waals surface area contributed by atoms with Gasteiger partial charge >= 0.3 is 0 Å². The van der Waals surface area contributed by atoms with Crippen LogP contribution in [0, 0.1) is 0 Å². The summed E-state index contributed by atoms with van der Waals surface area (Å²) in [5.74, 6) is 0. The largest absolute Gasteiger partial charge is 0.389 e. The van der Waals surface area contributed by atoms with E-state index >= 15 is 0 Å². The number of thiazole rings is 1. The molecule has 2 rings (SSSR count). The number of nitrogens with zero attached hydrogens (tertiary/aromatic N) is 1. The van der Waals surface area contributed by atoms with Crippen LogP contribution in [-0.4, -0.2) is 10.1 Å². The Labute approximate surface area is 92.0 Å². The molecule has 2 aromatic heterocycles. The van der Waals surface area contributed by atoms with E-state index in [9.17, 15) is 0 Å². The van der Waals surface area contributed by atoms with Crippen molar-refractivity contribution in [3.05, 3.63) is 26.3 Å². The van der Waals surface area contributed by atoms with Gasteiger partial charge in [-0.15, -0.1) is 22.7 Å². The van der Waals surface area contributed by atoms with Gasteiger partial charge in [-0.25, -0.2) is 4.98 Å². The second-order valence-electron chi connectivity index (χ2n) is 2.39. The molecule has 0 radical (unpaired) electrons. The van der Waals surface area contributed by atoms with E-state index in [1.54, 1.807) is 11.3 Å². The molecule has 0 fully saturated rings. The molecule has 0 aliphatic rings. The summed E-state index contributed by atoms with van der Waals surface area (Å²) in [5.41, 5.74) is 0.949. The van der Waals surface area contributed by atoms with Crippen molar-refractivity contribution < 1.29 is 5.11 Å². The van der Waals surface area contributed by atoms with E-state index in [0.29, 0.717) is 0 Å². The molecule has 2 aromatic rings. The van der Waals surface area contributed by atoms with Crippen LogP contribution in [0.25, 0.3) is 10.6 Å². The zero-order valence-electron chi connectivity index (χ0n) is 6.53. The predicted octanol–water partition coefficient (Wildman–Crippen LogP) is 3.13. The van der Waals surface area contributed by atoms with Crippen LogP contribution in [0.15, 0.2) is 21.3 Å². The van der Waals surface area contributed by atoms with Gasteiger partial charge in [-0.1, -0.05) is 0 Å². The number of aliphatic hydroxyl groups excluding tert-OH is 1. The first-order valence-corrected chi connectivity index (χ1v) is 6.09. The summed E-state index contributed by atoms with van der Waals surface area (Å²) in [5, 5.41) is 11.6. The summed E-state index contributed by atoms with van der Waals surface area (Å²) in [6.45, 7) is 0.0250. The maximum Gasteiger partial charge on any atom is 0.119 e. The molecule has 5 heteroatoms. The molecule has 0 spiro atoms. The summed E-state index contributed by atoms with van der Waals surface area (Å²) in [6.07, 6.45) is 0. The second-order valence-corrected chi connectivity index (χ2v) is 5.79. The zero-order valence-corrected chi connectivity index (χ0v) is 9.75. The van der Waals surface area contributed by atoms with Gasteiger partial charge in [0.05, 0.1) is 21.0 Å². The number of hydrogen-bond acceptors (Lipinski definition) is 4. The third kappa shape index (κ3) is 1.99. The summed E-state index contributed by atoms with van der Waals surface area (Å²) >= 11 is 6.53. The van der Waals surface area contributed by atoms with Gasteiger partial charge < -0.3 is 5.11 Å². The topological polar surface area (TPSA) is 33.1 Å². The Hall–Kier alpha value is -0.230. The predicted molar refractivity (Wildman–Crippen MR) is 59.0 cm³/mol. The van der Waals surface area contributed by atoms with Crippen molar-refractivity contribution in [3.8, 4) is 10.6 Å². The van der Waals surface area contributed by atoms with Gasteiger partial charge in [0.15, 0.2) is 0 Å². The van der Waals surface area contributed by atoms with Crippen molar-refractivity contribution in [3.63, 3.8) is 0 Å². The number of aliphatic hydroxyl groups is 1. The molecule has 2 heterocycles. The van der Waals surface area contributed by atoms with Crippen LogP contribution in [0.1, 0.15) is 5.01 Å². The number of hydrogen-bond donors (Lipinski definition) is 1. The normalized spacial score (nSPS) is 10.6. The van der Waals surface area contributed by atoms with Gasteiger partial charge in [0.1, 0.15) is 5.01 Å². The number of aromatic nitrogens is 1. The van der Waals surface area contributed by atoms with Crippen LogP contribution in [0.2, 0.25) is 0 Å². The first-order chi connectivity index (χ1) is 6.29. The highest BCUT2D eigenvalue weighted by Crippen LogP contribution is 2.31. The molecular weight excluding hydrogens is 270 g/mol. The Morgan fingerprint density at radius 2 is 2.31 bits per heavy atom. The lowest BCUT2D eigenvalue weighted by Crippen LogP contribution is -1.79. The first-order valence-electron chi connectivity index (χ1n) is 3.60. The van der Waals surface area contributed by atoms with E-state index in [2.05, 4.69) is 20.9 Å². The molecule has 0 saturated heterocycles. The summed E-state index contributed by atoms with van der Waals surface area (Å²) in [7, 11) is 0. The number of halogens is 1. The van der Waals surface area contributed by atoms with Crippen LogP contribution >= 0.6 is 38.6 Å². The van der Waals surface area contributed by atoms with E-state index in [-0.39, 0.29) is 6.61 Å². The minimum atomic E-state index is 0.0250. The Morgan fingerprint density at radius 3 is 2.85 bits per heavy atom. The molecule has 1 N–H and O–H groups in total. The Kier molecular flexibility index (Phi) is 2.78. The Morgan fingerprint density at radius 1 is 1.46 bits per heavy atom. The van der Waals surface area contributed by atoms with Gasteiger partial charge in [-0.2, -0.15) is 0 Å². The van der Waals surface area contributed by atoms with E-state index < -0.39 is 0 Å². The van der Waals surface area contributed by atoms with Gasteiger partial charge in [0, 0.05) is 5.38 Å². The fourth-order valence-electron chi connectivity index (χ4n) is 0.949. The molecular formula is C8H6BrNOS2. The fraction of sp³-hybridized carbons (Fsp3) is 0.125. The number of rotatable bonds is 2. The minimum Gasteiger partial charge on any atom is -0.389 e. The minimum absolute atomic E-state index is 0.0250. The lowest BCUT2D eigenvalue weighted by atomic mass is 10.4. The maximum atomic E-state index is 8.85. The summed E-state index contributed by atoms with van der Waals surface area (Å²) < 4.78 is 1.10. The van der Waals surface area contributed by atoms with Crippen LogP contribution in [0.5, 0.6) is 0 Å². The highest BCUT2D eigenvalue weighted by Gasteiger charge is 2.05. The van der Waals surface area contributed by atoms with Crippen molar-refractivity contribution >= 4 is 38.6 Å². The molecule has 0 aromatic carbocycles. The van der Waals surface area contributed by atoms with Gasteiger partial charge in [-0.3, -0.25) is 0 Å². The van der Waals surface area contributed by atoms with Crippen molar-refractivity contribution in [2.75, 3.05) is 0 Å². The first kappa shape index (κ1) is 9.33. The molecule has 0 unspecified atom stereocenters. The average molecular weight is 276 g/mol. The van der Waals surface area contributed by atoms with Crippen molar-refractivity contribution in [2.45, 2.75) is 6.61 Å².